The summed E-state index contributed by atoms with van der Waals surface area (Å²) in [5.74, 6) is -0.351. The van der Waals surface area contributed by atoms with E-state index in [0.29, 0.717) is 23.7 Å². The number of likely N-dealkylation sites (tertiary alicyclic amines) is 1. The van der Waals surface area contributed by atoms with Gasteiger partial charge >= 0.3 is 0 Å². The molecule has 2 aromatic heterocycles. The number of nitrogens with zero attached hydrogens (tertiary/aromatic N) is 2. The summed E-state index contributed by atoms with van der Waals surface area (Å²) < 4.78 is 6.68. The van der Waals surface area contributed by atoms with Crippen LogP contribution in [0.15, 0.2) is 40.8 Å². The molecule has 2 N–H and O–H groups in total. The Kier molecular flexibility index (Phi) is 5.30. The number of hydrogen-bond acceptors (Lipinski definition) is 6. The van der Waals surface area contributed by atoms with Gasteiger partial charge in [0.15, 0.2) is 16.5 Å². The van der Waals surface area contributed by atoms with Crippen LogP contribution in [0.3, 0.4) is 0 Å². The highest BCUT2D eigenvalue weighted by Crippen LogP contribution is 2.31. The summed E-state index contributed by atoms with van der Waals surface area (Å²) in [6.45, 7) is 0.318. The number of nitrogens with one attached hydrogen (secondary N) is 2. The lowest BCUT2D eigenvalue weighted by atomic mass is 10.2. The zero-order valence-electron chi connectivity index (χ0n) is 15.8. The third kappa shape index (κ3) is 3.86. The number of likely N-dealkylation sites (N-methyl/N-ethyl adjacent to an activating group) is 1. The summed E-state index contributed by atoms with van der Waals surface area (Å²) in [5, 5.41) is 5.83. The first-order chi connectivity index (χ1) is 14.1. The van der Waals surface area contributed by atoms with Crippen LogP contribution in [-0.2, 0) is 9.59 Å². The van der Waals surface area contributed by atoms with Crippen molar-refractivity contribution in [2.24, 2.45) is 0 Å². The molecule has 0 bridgehead atoms. The molecular weight excluding hydrogens is 392 g/mol. The lowest BCUT2D eigenvalue weighted by Gasteiger charge is -2.23. The van der Waals surface area contributed by atoms with Gasteiger partial charge in [0, 0.05) is 13.6 Å². The third-order valence-corrected chi connectivity index (χ3v) is 5.91. The van der Waals surface area contributed by atoms with Crippen LogP contribution in [0.25, 0.3) is 21.0 Å². The molecule has 8 nitrogen and oxygen atoms in total. The van der Waals surface area contributed by atoms with Crippen LogP contribution in [0.4, 0.5) is 0 Å². The van der Waals surface area contributed by atoms with Crippen LogP contribution in [0.5, 0.6) is 0 Å². The molecule has 1 atom stereocenters. The normalized spacial score (nSPS) is 16.2. The average molecular weight is 412 g/mol. The van der Waals surface area contributed by atoms with E-state index in [2.05, 4.69) is 15.6 Å². The molecule has 0 radical (unpaired) electrons. The first-order valence-corrected chi connectivity index (χ1v) is 10.1. The molecule has 1 aliphatic rings. The van der Waals surface area contributed by atoms with Gasteiger partial charge in [-0.1, -0.05) is 12.1 Å². The fourth-order valence-corrected chi connectivity index (χ4v) is 4.33. The van der Waals surface area contributed by atoms with Crippen molar-refractivity contribution in [3.63, 3.8) is 0 Å². The van der Waals surface area contributed by atoms with Gasteiger partial charge in [-0.25, -0.2) is 4.98 Å². The van der Waals surface area contributed by atoms with Gasteiger partial charge < -0.3 is 20.0 Å². The zero-order valence-corrected chi connectivity index (χ0v) is 16.6. The number of furan rings is 1. The molecule has 1 unspecified atom stereocenters. The smallest absolute Gasteiger partial charge is 0.287 e. The van der Waals surface area contributed by atoms with E-state index in [1.54, 1.807) is 19.2 Å². The molecule has 1 aliphatic heterocycles. The average Bonchev–Trinajstić information content (AvgIpc) is 3.48. The van der Waals surface area contributed by atoms with E-state index in [9.17, 15) is 14.4 Å². The second-order valence-electron chi connectivity index (χ2n) is 6.69. The summed E-state index contributed by atoms with van der Waals surface area (Å²) >= 11 is 1.48. The predicted molar refractivity (Wildman–Crippen MR) is 108 cm³/mol. The molecule has 0 spiro atoms. The first kappa shape index (κ1) is 19.1. The molecule has 1 aromatic carbocycles. The molecule has 29 heavy (non-hydrogen) atoms. The molecule has 3 heterocycles. The van der Waals surface area contributed by atoms with E-state index in [-0.39, 0.29) is 24.1 Å². The minimum Gasteiger partial charge on any atom is -0.448 e. The van der Waals surface area contributed by atoms with Gasteiger partial charge in [0.2, 0.25) is 11.8 Å². The van der Waals surface area contributed by atoms with Crippen molar-refractivity contribution < 1.29 is 18.8 Å². The number of fused-ring (bicyclic) bond motifs is 1. The van der Waals surface area contributed by atoms with Crippen molar-refractivity contribution in [3.05, 3.63) is 42.2 Å². The topological polar surface area (TPSA) is 105 Å². The standard InChI is InChI=1S/C20H20N4O4S/c1-21-18(26)13-6-4-10-24(13)17(25)11-22-19(27)14-8-9-15(28-14)20-23-12-5-2-3-7-16(12)29-20/h2-3,5,7-9,13H,4,6,10-11H2,1H3,(H,21,26)(H,22,27). The number of carbonyl (C=O) groups excluding carboxylic acids is 3. The van der Waals surface area contributed by atoms with Gasteiger partial charge in [-0.05, 0) is 37.1 Å². The van der Waals surface area contributed by atoms with Crippen LogP contribution in [-0.4, -0.2) is 53.8 Å². The lowest BCUT2D eigenvalue weighted by Crippen LogP contribution is -2.48. The van der Waals surface area contributed by atoms with E-state index in [4.69, 9.17) is 4.42 Å². The minimum atomic E-state index is -0.485. The second kappa shape index (κ2) is 8.04. The highest BCUT2D eigenvalue weighted by atomic mass is 32.1. The second-order valence-corrected chi connectivity index (χ2v) is 7.72. The number of rotatable bonds is 5. The molecule has 0 aliphatic carbocycles. The van der Waals surface area contributed by atoms with Gasteiger partial charge in [0.1, 0.15) is 6.04 Å². The molecule has 1 fully saturated rings. The van der Waals surface area contributed by atoms with E-state index < -0.39 is 11.9 Å². The highest BCUT2D eigenvalue weighted by molar-refractivity contribution is 7.21. The molecule has 3 aromatic rings. The monoisotopic (exact) mass is 412 g/mol. The summed E-state index contributed by atoms with van der Waals surface area (Å²) in [6, 6.07) is 10.5. The molecule has 1 saturated heterocycles. The van der Waals surface area contributed by atoms with Crippen LogP contribution in [0, 0.1) is 0 Å². The van der Waals surface area contributed by atoms with Gasteiger partial charge in [-0.15, -0.1) is 11.3 Å². The van der Waals surface area contributed by atoms with Crippen LogP contribution in [0.1, 0.15) is 23.4 Å². The summed E-state index contributed by atoms with van der Waals surface area (Å²) in [4.78, 5) is 42.7. The largest absolute Gasteiger partial charge is 0.448 e. The van der Waals surface area contributed by atoms with Crippen molar-refractivity contribution in [2.45, 2.75) is 18.9 Å². The zero-order chi connectivity index (χ0) is 20.4. The summed E-state index contributed by atoms with van der Waals surface area (Å²) in [6.07, 6.45) is 1.39. The van der Waals surface area contributed by atoms with Crippen molar-refractivity contribution >= 4 is 39.3 Å². The van der Waals surface area contributed by atoms with Gasteiger partial charge in [0.05, 0.1) is 16.8 Å². The Morgan fingerprint density at radius 3 is 2.86 bits per heavy atom. The first-order valence-electron chi connectivity index (χ1n) is 9.32. The van der Waals surface area contributed by atoms with Crippen LogP contribution >= 0.6 is 11.3 Å². The Balaban J connectivity index is 1.39. The van der Waals surface area contributed by atoms with E-state index in [0.717, 1.165) is 16.6 Å². The number of carbonyl (C=O) groups is 3. The van der Waals surface area contributed by atoms with Crippen LogP contribution < -0.4 is 10.6 Å². The Morgan fingerprint density at radius 2 is 2.07 bits per heavy atom. The number of benzene rings is 1. The van der Waals surface area contributed by atoms with Gasteiger partial charge in [-0.2, -0.15) is 0 Å². The van der Waals surface area contributed by atoms with E-state index >= 15 is 0 Å². The molecule has 150 valence electrons. The maximum atomic E-state index is 12.4. The van der Waals surface area contributed by atoms with E-state index in [1.165, 1.54) is 16.2 Å². The fraction of sp³-hybridized carbons (Fsp3) is 0.300. The number of thiazole rings is 1. The summed E-state index contributed by atoms with van der Waals surface area (Å²) in [7, 11) is 1.55. The number of aromatic nitrogens is 1. The van der Waals surface area contributed by atoms with Gasteiger partial charge in [0.25, 0.3) is 5.91 Å². The van der Waals surface area contributed by atoms with Gasteiger partial charge in [-0.3, -0.25) is 14.4 Å². The van der Waals surface area contributed by atoms with Crippen molar-refractivity contribution in [1.82, 2.24) is 20.5 Å². The summed E-state index contributed by atoms with van der Waals surface area (Å²) in [5.41, 5.74) is 0.872. The van der Waals surface area contributed by atoms with Crippen molar-refractivity contribution in [3.8, 4) is 10.8 Å². The minimum absolute atomic E-state index is 0.108. The van der Waals surface area contributed by atoms with Crippen LogP contribution in [0.2, 0.25) is 0 Å². The quantitative estimate of drug-likeness (QED) is 0.667. The Morgan fingerprint density at radius 1 is 1.24 bits per heavy atom. The van der Waals surface area contributed by atoms with E-state index in [1.807, 2.05) is 24.3 Å². The Hall–Kier alpha value is -3.20. The molecule has 3 amide bonds. The lowest BCUT2D eigenvalue weighted by molar-refractivity contribution is -0.137. The Labute approximate surface area is 170 Å². The Bertz CT molecular complexity index is 1040. The fourth-order valence-electron chi connectivity index (χ4n) is 3.40. The predicted octanol–water partition coefficient (Wildman–Crippen LogP) is 2.02. The van der Waals surface area contributed by atoms with Crippen molar-refractivity contribution in [1.29, 1.82) is 0 Å². The molecule has 9 heteroatoms. The number of hydrogen-bond donors (Lipinski definition) is 2. The molecule has 0 saturated carbocycles. The maximum absolute atomic E-state index is 12.4. The third-order valence-electron chi connectivity index (χ3n) is 4.86. The number of amides is 3. The number of para-hydroxylation sites is 1. The van der Waals surface area contributed by atoms with Crippen molar-refractivity contribution in [2.75, 3.05) is 20.1 Å². The molecule has 4 rings (SSSR count). The molecular formula is C20H20N4O4S. The SMILES string of the molecule is CNC(=O)C1CCCN1C(=O)CNC(=O)c1ccc(-c2nc3ccccc3s2)o1. The maximum Gasteiger partial charge on any atom is 0.287 e. The highest BCUT2D eigenvalue weighted by Gasteiger charge is 2.33.